The molecule has 1 fully saturated rings. The number of nitrogens with zero attached hydrogens (tertiary/aromatic N) is 3. The molecule has 1 aromatic heterocycles. The predicted molar refractivity (Wildman–Crippen MR) is 62.2 cm³/mol. The van der Waals surface area contributed by atoms with Crippen molar-refractivity contribution in [2.45, 2.75) is 25.4 Å². The molecule has 1 amide bonds. The molecule has 1 aromatic rings. The maximum absolute atomic E-state index is 11.5. The number of hydrogen-bond donors (Lipinski definition) is 1. The number of nitrogens with one attached hydrogen (secondary N) is 1. The first kappa shape index (κ1) is 11.8. The minimum Gasteiger partial charge on any atom is -0.349 e. The molecular formula is C11H16N4O2. The van der Waals surface area contributed by atoms with E-state index in [0.717, 1.165) is 12.8 Å². The molecule has 0 spiro atoms. The lowest BCUT2D eigenvalue weighted by molar-refractivity contribution is -0.141. The molecule has 1 aliphatic carbocycles. The van der Waals surface area contributed by atoms with Gasteiger partial charge in [0.15, 0.2) is 0 Å². The molecule has 92 valence electrons. The summed E-state index contributed by atoms with van der Waals surface area (Å²) in [7, 11) is 1.78. The average Bonchev–Trinajstić information content (AvgIpc) is 2.28. The maximum atomic E-state index is 11.5. The van der Waals surface area contributed by atoms with Crippen molar-refractivity contribution in [3.05, 3.63) is 18.6 Å². The van der Waals surface area contributed by atoms with Gasteiger partial charge < -0.3 is 4.90 Å². The number of hydrogen-bond acceptors (Lipinski definition) is 5. The third-order valence-electron chi connectivity index (χ3n) is 2.71. The summed E-state index contributed by atoms with van der Waals surface area (Å²) in [6.45, 7) is 0.200. The Morgan fingerprint density at radius 2 is 2.41 bits per heavy atom. The van der Waals surface area contributed by atoms with E-state index in [1.54, 1.807) is 30.5 Å². The summed E-state index contributed by atoms with van der Waals surface area (Å²) in [5, 5.41) is 0. The lowest BCUT2D eigenvalue weighted by atomic mass is 9.97. The molecule has 6 nitrogen and oxygen atoms in total. The molecule has 1 aliphatic rings. The Balaban J connectivity index is 1.74. The summed E-state index contributed by atoms with van der Waals surface area (Å²) < 4.78 is 0. The lowest BCUT2D eigenvalue weighted by Crippen LogP contribution is -2.39. The average molecular weight is 236 g/mol. The van der Waals surface area contributed by atoms with Crippen LogP contribution in [-0.4, -0.2) is 35.6 Å². The Labute approximate surface area is 100.0 Å². The van der Waals surface area contributed by atoms with E-state index in [2.05, 4.69) is 15.4 Å². The Kier molecular flexibility index (Phi) is 3.87. The van der Waals surface area contributed by atoms with Gasteiger partial charge in [-0.05, 0) is 19.3 Å². The van der Waals surface area contributed by atoms with Crippen molar-refractivity contribution in [3.8, 4) is 0 Å². The molecule has 0 saturated heterocycles. The minimum atomic E-state index is -0.176. The topological polar surface area (TPSA) is 67.4 Å². The largest absolute Gasteiger partial charge is 0.349 e. The Morgan fingerprint density at radius 1 is 1.59 bits per heavy atom. The van der Waals surface area contributed by atoms with E-state index >= 15 is 0 Å². The fourth-order valence-electron chi connectivity index (χ4n) is 1.45. The van der Waals surface area contributed by atoms with Crippen molar-refractivity contribution in [1.82, 2.24) is 15.4 Å². The van der Waals surface area contributed by atoms with Gasteiger partial charge >= 0.3 is 0 Å². The lowest BCUT2D eigenvalue weighted by Gasteiger charge is -2.25. The molecule has 0 radical (unpaired) electrons. The second-order valence-corrected chi connectivity index (χ2v) is 4.12. The number of likely N-dealkylation sites (N-methyl/N-ethyl adjacent to an activating group) is 1. The van der Waals surface area contributed by atoms with E-state index in [1.165, 1.54) is 6.42 Å². The van der Waals surface area contributed by atoms with Crippen molar-refractivity contribution in [2.24, 2.45) is 0 Å². The molecule has 0 atom stereocenters. The Hall–Kier alpha value is -1.69. The molecule has 6 heteroatoms. The highest BCUT2D eigenvalue weighted by Gasteiger charge is 2.19. The van der Waals surface area contributed by atoms with Gasteiger partial charge in [-0.25, -0.2) is 10.5 Å². The molecule has 1 saturated carbocycles. The van der Waals surface area contributed by atoms with Crippen LogP contribution in [0.3, 0.4) is 0 Å². The van der Waals surface area contributed by atoms with Gasteiger partial charge in [0, 0.05) is 19.4 Å². The number of rotatable bonds is 5. The van der Waals surface area contributed by atoms with Gasteiger partial charge in [-0.1, -0.05) is 0 Å². The van der Waals surface area contributed by atoms with Crippen molar-refractivity contribution in [3.63, 3.8) is 0 Å². The smallest absolute Gasteiger partial charge is 0.263 e. The highest BCUT2D eigenvalue weighted by atomic mass is 16.7. The van der Waals surface area contributed by atoms with Crippen molar-refractivity contribution in [2.75, 3.05) is 18.5 Å². The first-order chi connectivity index (χ1) is 8.25. The second kappa shape index (κ2) is 5.58. The third kappa shape index (κ3) is 3.39. The maximum Gasteiger partial charge on any atom is 0.263 e. The van der Waals surface area contributed by atoms with Crippen LogP contribution in [0, 0.1) is 0 Å². The normalized spacial score (nSPS) is 15.1. The van der Waals surface area contributed by atoms with Crippen molar-refractivity contribution >= 4 is 11.7 Å². The van der Waals surface area contributed by atoms with Crippen LogP contribution in [0.2, 0.25) is 0 Å². The van der Waals surface area contributed by atoms with Crippen molar-refractivity contribution < 1.29 is 9.63 Å². The number of carbonyl (C=O) groups is 1. The zero-order valence-electron chi connectivity index (χ0n) is 9.80. The van der Waals surface area contributed by atoms with Gasteiger partial charge in [-0.2, -0.15) is 0 Å². The van der Waals surface area contributed by atoms with Crippen LogP contribution in [0.1, 0.15) is 19.3 Å². The van der Waals surface area contributed by atoms with Crippen LogP contribution in [0.5, 0.6) is 0 Å². The first-order valence-electron chi connectivity index (χ1n) is 5.67. The number of carbonyl (C=O) groups excluding carboxylic acids is 1. The number of hydroxylamine groups is 1. The van der Waals surface area contributed by atoms with Gasteiger partial charge in [0.05, 0.1) is 12.3 Å². The Morgan fingerprint density at radius 3 is 3.00 bits per heavy atom. The summed E-state index contributed by atoms with van der Waals surface area (Å²) in [4.78, 5) is 26.5. The zero-order valence-corrected chi connectivity index (χ0v) is 9.80. The van der Waals surface area contributed by atoms with Crippen LogP contribution >= 0.6 is 0 Å². The van der Waals surface area contributed by atoms with E-state index in [4.69, 9.17) is 4.84 Å². The minimum absolute atomic E-state index is 0.176. The third-order valence-corrected chi connectivity index (χ3v) is 2.71. The summed E-state index contributed by atoms with van der Waals surface area (Å²) in [5.74, 6) is 0.483. The number of anilines is 1. The Bertz CT molecular complexity index is 367. The van der Waals surface area contributed by atoms with E-state index < -0.39 is 0 Å². The molecule has 1 N–H and O–H groups in total. The standard InChI is InChI=1S/C11H16N4O2/c1-15(10-7-12-5-6-13-10)8-11(16)14-17-9-3-2-4-9/h5-7,9H,2-4,8H2,1H3,(H,14,16). The van der Waals surface area contributed by atoms with Crippen LogP contribution < -0.4 is 10.4 Å². The van der Waals surface area contributed by atoms with Crippen LogP contribution in [0.4, 0.5) is 5.82 Å². The molecule has 1 heterocycles. The van der Waals surface area contributed by atoms with Gasteiger partial charge in [-0.15, -0.1) is 0 Å². The fraction of sp³-hybridized carbons (Fsp3) is 0.545. The SMILES string of the molecule is CN(CC(=O)NOC1CCC1)c1cnccn1. The molecule has 0 aliphatic heterocycles. The zero-order chi connectivity index (χ0) is 12.1. The monoisotopic (exact) mass is 236 g/mol. The highest BCUT2D eigenvalue weighted by Crippen LogP contribution is 2.20. The number of aromatic nitrogens is 2. The van der Waals surface area contributed by atoms with Gasteiger partial charge in [0.2, 0.25) is 0 Å². The molecule has 0 unspecified atom stereocenters. The van der Waals surface area contributed by atoms with Gasteiger partial charge in [-0.3, -0.25) is 14.6 Å². The summed E-state index contributed by atoms with van der Waals surface area (Å²) >= 11 is 0. The summed E-state index contributed by atoms with van der Waals surface area (Å²) in [5.41, 5.74) is 2.46. The van der Waals surface area contributed by atoms with E-state index in [1.807, 2.05) is 0 Å². The second-order valence-electron chi connectivity index (χ2n) is 4.12. The van der Waals surface area contributed by atoms with E-state index in [0.29, 0.717) is 5.82 Å². The molecule has 0 bridgehead atoms. The fourth-order valence-corrected chi connectivity index (χ4v) is 1.45. The van der Waals surface area contributed by atoms with E-state index in [9.17, 15) is 4.79 Å². The van der Waals surface area contributed by atoms with E-state index in [-0.39, 0.29) is 18.6 Å². The molecular weight excluding hydrogens is 220 g/mol. The van der Waals surface area contributed by atoms with Crippen LogP contribution in [0.15, 0.2) is 18.6 Å². The molecule has 0 aromatic carbocycles. The molecule has 17 heavy (non-hydrogen) atoms. The van der Waals surface area contributed by atoms with Crippen LogP contribution in [0.25, 0.3) is 0 Å². The first-order valence-corrected chi connectivity index (χ1v) is 5.67. The summed E-state index contributed by atoms with van der Waals surface area (Å²) in [6, 6.07) is 0. The van der Waals surface area contributed by atoms with Crippen molar-refractivity contribution in [1.29, 1.82) is 0 Å². The van der Waals surface area contributed by atoms with Crippen LogP contribution in [-0.2, 0) is 9.63 Å². The quantitative estimate of drug-likeness (QED) is 0.755. The van der Waals surface area contributed by atoms with Gasteiger partial charge in [0.1, 0.15) is 12.4 Å². The highest BCUT2D eigenvalue weighted by molar-refractivity contribution is 5.79. The predicted octanol–water partition coefficient (Wildman–Crippen LogP) is 0.513. The number of amides is 1. The summed E-state index contributed by atoms with van der Waals surface area (Å²) in [6.07, 6.45) is 8.23. The van der Waals surface area contributed by atoms with Gasteiger partial charge in [0.25, 0.3) is 5.91 Å². The molecule has 2 rings (SSSR count).